The molecule has 0 bridgehead atoms. The zero-order valence-electron chi connectivity index (χ0n) is 14.3. The van der Waals surface area contributed by atoms with Crippen LogP contribution in [0.1, 0.15) is 12.8 Å². The molecule has 0 saturated carbocycles. The van der Waals surface area contributed by atoms with Gasteiger partial charge in [0.15, 0.2) is 0 Å². The topological polar surface area (TPSA) is 61.9 Å². The van der Waals surface area contributed by atoms with Gasteiger partial charge in [-0.15, -0.1) is 0 Å². The number of piperazine rings is 1. The first-order chi connectivity index (χ1) is 11.6. The highest BCUT2D eigenvalue weighted by atomic mass is 32.2. The first-order valence-electron chi connectivity index (χ1n) is 8.67. The van der Waals surface area contributed by atoms with E-state index in [9.17, 15) is 8.42 Å². The van der Waals surface area contributed by atoms with Crippen LogP contribution in [0.4, 0.5) is 0 Å². The summed E-state index contributed by atoms with van der Waals surface area (Å²) in [4.78, 5) is 2.76. The Morgan fingerprint density at radius 3 is 2.29 bits per heavy atom. The SMILES string of the molecule is COc1ccc(S(=O)(=O)N2CCN(CC3CCNCC3)CC2)cc1. The van der Waals surface area contributed by atoms with Gasteiger partial charge in [0.1, 0.15) is 5.75 Å². The zero-order chi connectivity index (χ0) is 17.0. The van der Waals surface area contributed by atoms with E-state index >= 15 is 0 Å². The molecule has 134 valence electrons. The van der Waals surface area contributed by atoms with Crippen LogP contribution >= 0.6 is 0 Å². The van der Waals surface area contributed by atoms with Gasteiger partial charge in [-0.1, -0.05) is 0 Å². The number of benzene rings is 1. The highest BCUT2D eigenvalue weighted by molar-refractivity contribution is 7.89. The molecule has 0 atom stereocenters. The number of methoxy groups -OCH3 is 1. The van der Waals surface area contributed by atoms with E-state index in [2.05, 4.69) is 10.2 Å². The Labute approximate surface area is 144 Å². The molecule has 0 unspecified atom stereocenters. The minimum absolute atomic E-state index is 0.343. The third-order valence-electron chi connectivity index (χ3n) is 5.00. The summed E-state index contributed by atoms with van der Waals surface area (Å²) in [5, 5.41) is 3.39. The van der Waals surface area contributed by atoms with Crippen molar-refractivity contribution in [2.75, 3.05) is 52.9 Å². The largest absolute Gasteiger partial charge is 0.497 e. The molecule has 3 rings (SSSR count). The second-order valence-corrected chi connectivity index (χ2v) is 8.51. The van der Waals surface area contributed by atoms with Crippen molar-refractivity contribution in [2.45, 2.75) is 17.7 Å². The minimum Gasteiger partial charge on any atom is -0.497 e. The van der Waals surface area contributed by atoms with Gasteiger partial charge in [-0.2, -0.15) is 4.31 Å². The number of nitrogens with one attached hydrogen (secondary N) is 1. The van der Waals surface area contributed by atoms with Crippen molar-refractivity contribution in [3.05, 3.63) is 24.3 Å². The van der Waals surface area contributed by atoms with Gasteiger partial charge in [0.25, 0.3) is 0 Å². The zero-order valence-corrected chi connectivity index (χ0v) is 15.1. The molecule has 1 aromatic carbocycles. The fraction of sp³-hybridized carbons (Fsp3) is 0.647. The number of sulfonamides is 1. The Morgan fingerprint density at radius 1 is 1.08 bits per heavy atom. The van der Waals surface area contributed by atoms with Gasteiger partial charge >= 0.3 is 0 Å². The summed E-state index contributed by atoms with van der Waals surface area (Å²) in [6.45, 7) is 6.09. The van der Waals surface area contributed by atoms with E-state index in [0.29, 0.717) is 23.7 Å². The smallest absolute Gasteiger partial charge is 0.243 e. The van der Waals surface area contributed by atoms with E-state index < -0.39 is 10.0 Å². The molecular formula is C17H27N3O3S. The predicted octanol–water partition coefficient (Wildman–Crippen LogP) is 1.00. The lowest BCUT2D eigenvalue weighted by Crippen LogP contribution is -2.50. The van der Waals surface area contributed by atoms with Crippen LogP contribution in [0.5, 0.6) is 5.75 Å². The summed E-state index contributed by atoms with van der Waals surface area (Å²) in [6, 6.07) is 6.63. The lowest BCUT2D eigenvalue weighted by atomic mass is 9.97. The molecule has 6 nitrogen and oxygen atoms in total. The van der Waals surface area contributed by atoms with Crippen LogP contribution in [-0.4, -0.2) is 70.5 Å². The van der Waals surface area contributed by atoms with Crippen molar-refractivity contribution in [3.63, 3.8) is 0 Å². The van der Waals surface area contributed by atoms with Crippen LogP contribution in [0.25, 0.3) is 0 Å². The van der Waals surface area contributed by atoms with Crippen molar-refractivity contribution in [1.82, 2.24) is 14.5 Å². The van der Waals surface area contributed by atoms with Crippen molar-refractivity contribution in [3.8, 4) is 5.75 Å². The molecule has 0 aromatic heterocycles. The predicted molar refractivity (Wildman–Crippen MR) is 93.8 cm³/mol. The fourth-order valence-corrected chi connectivity index (χ4v) is 4.90. The first-order valence-corrected chi connectivity index (χ1v) is 10.1. The maximum atomic E-state index is 12.7. The van der Waals surface area contributed by atoms with Gasteiger partial charge in [0, 0.05) is 32.7 Å². The van der Waals surface area contributed by atoms with E-state index in [0.717, 1.165) is 38.6 Å². The third-order valence-corrected chi connectivity index (χ3v) is 6.92. The lowest BCUT2D eigenvalue weighted by Gasteiger charge is -2.36. The molecule has 0 radical (unpaired) electrons. The van der Waals surface area contributed by atoms with Gasteiger partial charge < -0.3 is 15.0 Å². The Bertz CT molecular complexity index is 619. The first kappa shape index (κ1) is 17.7. The summed E-state index contributed by atoms with van der Waals surface area (Å²) in [5.41, 5.74) is 0. The summed E-state index contributed by atoms with van der Waals surface area (Å²) in [7, 11) is -1.83. The summed E-state index contributed by atoms with van der Waals surface area (Å²) < 4.78 is 32.2. The second-order valence-electron chi connectivity index (χ2n) is 6.57. The summed E-state index contributed by atoms with van der Waals surface area (Å²) in [6.07, 6.45) is 2.45. The van der Waals surface area contributed by atoms with Crippen LogP contribution in [-0.2, 0) is 10.0 Å². The lowest BCUT2D eigenvalue weighted by molar-refractivity contribution is 0.152. The second kappa shape index (κ2) is 7.82. The molecule has 2 heterocycles. The van der Waals surface area contributed by atoms with Gasteiger partial charge in [0.2, 0.25) is 10.0 Å². The molecule has 0 spiro atoms. The van der Waals surface area contributed by atoms with Crippen molar-refractivity contribution in [1.29, 1.82) is 0 Å². The minimum atomic E-state index is -3.40. The van der Waals surface area contributed by atoms with Crippen LogP contribution in [0.2, 0.25) is 0 Å². The van der Waals surface area contributed by atoms with Crippen LogP contribution in [0, 0.1) is 5.92 Å². The van der Waals surface area contributed by atoms with E-state index in [4.69, 9.17) is 4.74 Å². The molecule has 1 N–H and O–H groups in total. The standard InChI is InChI=1S/C17H27N3O3S/c1-23-16-2-4-17(5-3-16)24(21,22)20-12-10-19(11-13-20)14-15-6-8-18-9-7-15/h2-5,15,18H,6-14H2,1H3. The van der Waals surface area contributed by atoms with Crippen molar-refractivity contribution >= 4 is 10.0 Å². The number of hydrogen-bond acceptors (Lipinski definition) is 5. The molecule has 1 aromatic rings. The number of piperidine rings is 1. The van der Waals surface area contributed by atoms with E-state index in [-0.39, 0.29) is 0 Å². The molecule has 2 aliphatic heterocycles. The Morgan fingerprint density at radius 2 is 1.71 bits per heavy atom. The van der Waals surface area contributed by atoms with E-state index in [1.165, 1.54) is 12.8 Å². The number of hydrogen-bond donors (Lipinski definition) is 1. The Balaban J connectivity index is 1.56. The van der Waals surface area contributed by atoms with Crippen molar-refractivity contribution < 1.29 is 13.2 Å². The van der Waals surface area contributed by atoms with Crippen molar-refractivity contribution in [2.24, 2.45) is 5.92 Å². The summed E-state index contributed by atoms with van der Waals surface area (Å²) >= 11 is 0. The average Bonchev–Trinajstić information content (AvgIpc) is 2.63. The molecule has 0 amide bonds. The van der Waals surface area contributed by atoms with Gasteiger partial charge in [-0.25, -0.2) is 8.42 Å². The molecular weight excluding hydrogens is 326 g/mol. The highest BCUT2D eigenvalue weighted by Crippen LogP contribution is 2.21. The maximum Gasteiger partial charge on any atom is 0.243 e. The van der Waals surface area contributed by atoms with E-state index in [1.54, 1.807) is 35.7 Å². The molecule has 0 aliphatic carbocycles. The average molecular weight is 353 g/mol. The van der Waals surface area contributed by atoms with E-state index in [1.807, 2.05) is 0 Å². The fourth-order valence-electron chi connectivity index (χ4n) is 3.48. The van der Waals surface area contributed by atoms with Crippen LogP contribution in [0.3, 0.4) is 0 Å². The monoisotopic (exact) mass is 353 g/mol. The van der Waals surface area contributed by atoms with Gasteiger partial charge in [-0.05, 0) is 56.1 Å². The number of rotatable bonds is 5. The van der Waals surface area contributed by atoms with Crippen LogP contribution in [0.15, 0.2) is 29.2 Å². The molecule has 2 aliphatic rings. The number of nitrogens with zero attached hydrogens (tertiary/aromatic N) is 2. The Hall–Kier alpha value is -1.15. The Kier molecular flexibility index (Phi) is 5.76. The molecule has 2 saturated heterocycles. The highest BCUT2D eigenvalue weighted by Gasteiger charge is 2.29. The van der Waals surface area contributed by atoms with Gasteiger partial charge in [0.05, 0.1) is 12.0 Å². The summed E-state index contributed by atoms with van der Waals surface area (Å²) in [5.74, 6) is 1.41. The number of ether oxygens (including phenoxy) is 1. The third kappa shape index (κ3) is 4.08. The normalized spacial score (nSPS) is 21.7. The molecule has 7 heteroatoms. The maximum absolute atomic E-state index is 12.7. The molecule has 24 heavy (non-hydrogen) atoms. The van der Waals surface area contributed by atoms with Crippen LogP contribution < -0.4 is 10.1 Å². The molecule has 2 fully saturated rings. The quantitative estimate of drug-likeness (QED) is 0.856. The van der Waals surface area contributed by atoms with Gasteiger partial charge in [-0.3, -0.25) is 0 Å².